The van der Waals surface area contributed by atoms with Gasteiger partial charge < -0.3 is 10.1 Å². The fourth-order valence-corrected chi connectivity index (χ4v) is 3.82. The minimum absolute atomic E-state index is 0.0383. The van der Waals surface area contributed by atoms with Crippen LogP contribution in [0.25, 0.3) is 0 Å². The number of ether oxygens (including phenoxy) is 1. The van der Waals surface area contributed by atoms with E-state index in [1.165, 1.54) is 12.8 Å². The molecule has 2 aromatic rings. The lowest BCUT2D eigenvalue weighted by Crippen LogP contribution is -2.46. The number of hydrogen-bond acceptors (Lipinski definition) is 7. The van der Waals surface area contributed by atoms with Crippen LogP contribution in [0, 0.1) is 0 Å². The van der Waals surface area contributed by atoms with E-state index in [-0.39, 0.29) is 5.56 Å². The van der Waals surface area contributed by atoms with Crippen LogP contribution in [-0.4, -0.2) is 56.9 Å². The molecule has 2 aromatic heterocycles. The van der Waals surface area contributed by atoms with Crippen molar-refractivity contribution in [2.75, 3.05) is 31.6 Å². The van der Waals surface area contributed by atoms with Crippen molar-refractivity contribution < 1.29 is 4.74 Å². The summed E-state index contributed by atoms with van der Waals surface area (Å²) in [7, 11) is 0. The fourth-order valence-electron chi connectivity index (χ4n) is 3.82. The number of nitrogens with one attached hydrogen (secondary N) is 1. The summed E-state index contributed by atoms with van der Waals surface area (Å²) >= 11 is 0. The van der Waals surface area contributed by atoms with Crippen LogP contribution in [0.3, 0.4) is 0 Å². The molecule has 0 aliphatic carbocycles. The van der Waals surface area contributed by atoms with E-state index in [2.05, 4.69) is 25.3 Å². The average Bonchev–Trinajstić information content (AvgIpc) is 2.72. The third-order valence-corrected chi connectivity index (χ3v) is 5.31. The zero-order chi connectivity index (χ0) is 18.5. The van der Waals surface area contributed by atoms with Gasteiger partial charge in [0.25, 0.3) is 5.56 Å². The quantitative estimate of drug-likeness (QED) is 0.814. The van der Waals surface area contributed by atoms with Crippen molar-refractivity contribution in [1.29, 1.82) is 0 Å². The summed E-state index contributed by atoms with van der Waals surface area (Å²) in [6, 6.07) is 3.92. The number of hydrogen-bond donors (Lipinski definition) is 1. The molecule has 4 rings (SSSR count). The van der Waals surface area contributed by atoms with Gasteiger partial charge in [-0.1, -0.05) is 6.42 Å². The minimum atomic E-state index is -0.0383. The highest BCUT2D eigenvalue weighted by atomic mass is 16.5. The Bertz CT molecular complexity index is 810. The van der Waals surface area contributed by atoms with Gasteiger partial charge in [0.2, 0.25) is 5.95 Å². The summed E-state index contributed by atoms with van der Waals surface area (Å²) in [5.74, 6) is 0.665. The van der Waals surface area contributed by atoms with Crippen LogP contribution in [0.5, 0.6) is 0 Å². The van der Waals surface area contributed by atoms with E-state index in [4.69, 9.17) is 4.74 Å². The standard InChI is InChI=1S/C19H26N6O2/c26-18-12-15-14-27-11-5-17(15)23-25(18)10-9-24-8-2-1-4-16(24)13-22-19-20-6-3-7-21-19/h3,6-7,12,16H,1-2,4-5,8-11,13-14H2,(H,20,21,22). The summed E-state index contributed by atoms with van der Waals surface area (Å²) in [6.45, 7) is 4.48. The number of aromatic nitrogens is 4. The van der Waals surface area contributed by atoms with E-state index in [9.17, 15) is 4.79 Å². The highest BCUT2D eigenvalue weighted by molar-refractivity contribution is 5.22. The van der Waals surface area contributed by atoms with Crippen molar-refractivity contribution in [3.63, 3.8) is 0 Å². The number of piperidine rings is 1. The van der Waals surface area contributed by atoms with Crippen LogP contribution >= 0.6 is 0 Å². The lowest BCUT2D eigenvalue weighted by molar-refractivity contribution is 0.107. The first-order chi connectivity index (χ1) is 13.3. The van der Waals surface area contributed by atoms with Gasteiger partial charge in [-0.3, -0.25) is 9.69 Å². The molecule has 0 saturated carbocycles. The Hall–Kier alpha value is -2.32. The third kappa shape index (κ3) is 4.51. The van der Waals surface area contributed by atoms with Crippen LogP contribution in [0.15, 0.2) is 29.3 Å². The molecule has 2 aliphatic rings. The lowest BCUT2D eigenvalue weighted by Gasteiger charge is -2.35. The SMILES string of the molecule is O=c1cc2c(nn1CCN1CCCCC1CNc1ncccn1)CCOC2. The third-order valence-electron chi connectivity index (χ3n) is 5.31. The van der Waals surface area contributed by atoms with Gasteiger partial charge in [0.05, 0.1) is 25.5 Å². The summed E-state index contributed by atoms with van der Waals surface area (Å²) in [6.07, 6.45) is 7.84. The predicted octanol–water partition coefficient (Wildman–Crippen LogP) is 1.07. The first-order valence-corrected chi connectivity index (χ1v) is 9.72. The molecule has 144 valence electrons. The molecule has 8 nitrogen and oxygen atoms in total. The second-order valence-electron chi connectivity index (χ2n) is 7.12. The van der Waals surface area contributed by atoms with E-state index < -0.39 is 0 Å². The van der Waals surface area contributed by atoms with Crippen LogP contribution in [0.1, 0.15) is 30.5 Å². The van der Waals surface area contributed by atoms with Crippen LogP contribution in [0.4, 0.5) is 5.95 Å². The Morgan fingerprint density at radius 3 is 3.00 bits per heavy atom. The number of likely N-dealkylation sites (tertiary alicyclic amines) is 1. The van der Waals surface area contributed by atoms with Gasteiger partial charge in [0.1, 0.15) is 0 Å². The van der Waals surface area contributed by atoms with Gasteiger partial charge >= 0.3 is 0 Å². The molecule has 2 aliphatic heterocycles. The second kappa shape index (κ2) is 8.58. The Kier molecular flexibility index (Phi) is 5.74. The predicted molar refractivity (Wildman–Crippen MR) is 102 cm³/mol. The average molecular weight is 370 g/mol. The smallest absolute Gasteiger partial charge is 0.267 e. The molecular weight excluding hydrogens is 344 g/mol. The highest BCUT2D eigenvalue weighted by Gasteiger charge is 2.22. The molecule has 4 heterocycles. The molecule has 1 fully saturated rings. The first kappa shape index (κ1) is 18.1. The Morgan fingerprint density at radius 2 is 2.11 bits per heavy atom. The van der Waals surface area contributed by atoms with Crippen molar-refractivity contribution in [3.8, 4) is 0 Å². The van der Waals surface area contributed by atoms with Crippen molar-refractivity contribution in [2.45, 2.75) is 44.9 Å². The van der Waals surface area contributed by atoms with Crippen molar-refractivity contribution in [3.05, 3.63) is 46.1 Å². The topological polar surface area (TPSA) is 85.2 Å². The molecule has 0 spiro atoms. The number of fused-ring (bicyclic) bond motifs is 1. The van der Waals surface area contributed by atoms with E-state index in [0.717, 1.165) is 43.7 Å². The zero-order valence-corrected chi connectivity index (χ0v) is 15.5. The molecule has 27 heavy (non-hydrogen) atoms. The first-order valence-electron chi connectivity index (χ1n) is 9.72. The number of anilines is 1. The molecule has 8 heteroatoms. The minimum Gasteiger partial charge on any atom is -0.376 e. The van der Waals surface area contributed by atoms with Crippen molar-refractivity contribution >= 4 is 5.95 Å². The number of rotatable bonds is 6. The molecule has 1 N–H and O–H groups in total. The van der Waals surface area contributed by atoms with Crippen LogP contribution in [0.2, 0.25) is 0 Å². The van der Waals surface area contributed by atoms with E-state index in [0.29, 0.717) is 31.7 Å². The van der Waals surface area contributed by atoms with E-state index in [1.54, 1.807) is 23.1 Å². The molecule has 1 atom stereocenters. The van der Waals surface area contributed by atoms with E-state index >= 15 is 0 Å². The van der Waals surface area contributed by atoms with Gasteiger partial charge in [-0.15, -0.1) is 0 Å². The Labute approximate surface area is 158 Å². The number of nitrogens with zero attached hydrogens (tertiary/aromatic N) is 5. The summed E-state index contributed by atoms with van der Waals surface area (Å²) in [4.78, 5) is 23.3. The molecule has 0 amide bonds. The molecule has 1 unspecified atom stereocenters. The normalized spacial score (nSPS) is 20.2. The maximum atomic E-state index is 12.4. The molecule has 0 bridgehead atoms. The van der Waals surface area contributed by atoms with Gasteiger partial charge in [-0.25, -0.2) is 14.6 Å². The highest BCUT2D eigenvalue weighted by Crippen LogP contribution is 2.17. The maximum Gasteiger partial charge on any atom is 0.267 e. The Morgan fingerprint density at radius 1 is 1.22 bits per heavy atom. The molecule has 0 radical (unpaired) electrons. The van der Waals surface area contributed by atoms with Gasteiger partial charge in [0.15, 0.2) is 0 Å². The van der Waals surface area contributed by atoms with Crippen LogP contribution < -0.4 is 10.9 Å². The lowest BCUT2D eigenvalue weighted by atomic mass is 10.0. The monoisotopic (exact) mass is 370 g/mol. The summed E-state index contributed by atoms with van der Waals surface area (Å²) in [5.41, 5.74) is 1.90. The summed E-state index contributed by atoms with van der Waals surface area (Å²) in [5, 5.41) is 7.91. The second-order valence-corrected chi connectivity index (χ2v) is 7.12. The molecular formula is C19H26N6O2. The van der Waals surface area contributed by atoms with Crippen molar-refractivity contribution in [1.82, 2.24) is 24.6 Å². The van der Waals surface area contributed by atoms with Gasteiger partial charge in [-0.05, 0) is 25.5 Å². The Balaban J connectivity index is 1.38. The van der Waals surface area contributed by atoms with Crippen molar-refractivity contribution in [2.24, 2.45) is 0 Å². The summed E-state index contributed by atoms with van der Waals surface area (Å²) < 4.78 is 7.02. The fraction of sp³-hybridized carbons (Fsp3) is 0.579. The van der Waals surface area contributed by atoms with Gasteiger partial charge in [0, 0.05) is 49.6 Å². The largest absolute Gasteiger partial charge is 0.376 e. The van der Waals surface area contributed by atoms with Gasteiger partial charge in [-0.2, -0.15) is 5.10 Å². The van der Waals surface area contributed by atoms with Crippen LogP contribution in [-0.2, 0) is 24.3 Å². The maximum absolute atomic E-state index is 12.4. The molecule has 1 saturated heterocycles. The zero-order valence-electron chi connectivity index (χ0n) is 15.5. The van der Waals surface area contributed by atoms with E-state index in [1.807, 2.05) is 6.07 Å². The molecule has 0 aromatic carbocycles.